The fourth-order valence-corrected chi connectivity index (χ4v) is 2.91. The second kappa shape index (κ2) is 8.45. The van der Waals surface area contributed by atoms with Crippen LogP contribution in [0.4, 0.5) is 0 Å². The number of halogens is 1. The molecule has 21 heavy (non-hydrogen) atoms. The highest BCUT2D eigenvalue weighted by atomic mass is 35.5. The van der Waals surface area contributed by atoms with Gasteiger partial charge in [0.2, 0.25) is 0 Å². The summed E-state index contributed by atoms with van der Waals surface area (Å²) in [5.74, 6) is 0.851. The molecule has 1 aromatic carbocycles. The zero-order chi connectivity index (χ0) is 15.1. The van der Waals surface area contributed by atoms with E-state index in [9.17, 15) is 0 Å². The van der Waals surface area contributed by atoms with E-state index < -0.39 is 0 Å². The maximum Gasteiger partial charge on any atom is 0.152 e. The van der Waals surface area contributed by atoms with E-state index in [1.165, 1.54) is 38.5 Å². The molecule has 3 heteroatoms. The molecular formula is C18H26ClNO. The van der Waals surface area contributed by atoms with Crippen LogP contribution < -0.4 is 5.73 Å². The molecule has 2 nitrogen and oxygen atoms in total. The third-order valence-electron chi connectivity index (χ3n) is 4.00. The predicted octanol–water partition coefficient (Wildman–Crippen LogP) is 6.23. The Kier molecular flexibility index (Phi) is 6.59. The average molecular weight is 308 g/mol. The third kappa shape index (κ3) is 4.76. The number of hydrogen-bond donors (Lipinski definition) is 1. The van der Waals surface area contributed by atoms with Crippen molar-refractivity contribution in [2.75, 3.05) is 0 Å². The smallest absolute Gasteiger partial charge is 0.152 e. The molecule has 0 radical (unpaired) electrons. The van der Waals surface area contributed by atoms with Gasteiger partial charge in [0.1, 0.15) is 5.76 Å². The van der Waals surface area contributed by atoms with Crippen molar-refractivity contribution in [2.24, 2.45) is 5.73 Å². The molecule has 1 unspecified atom stereocenters. The highest BCUT2D eigenvalue weighted by molar-refractivity contribution is 6.34. The van der Waals surface area contributed by atoms with Gasteiger partial charge in [-0.25, -0.2) is 0 Å². The van der Waals surface area contributed by atoms with E-state index in [2.05, 4.69) is 6.92 Å². The largest absolute Gasteiger partial charge is 0.458 e. The van der Waals surface area contributed by atoms with Crippen LogP contribution in [0.1, 0.15) is 70.1 Å². The molecule has 0 saturated heterocycles. The monoisotopic (exact) mass is 307 g/mol. The standard InChI is InChI=1S/C18H26ClNO/c1-2-3-4-5-6-7-8-12-16(20)17-13-14-10-9-11-15(19)18(14)21-17/h9-11,13,16H,2-8,12,20H2,1H3. The molecule has 2 rings (SSSR count). The first kappa shape index (κ1) is 16.4. The van der Waals surface area contributed by atoms with Crippen LogP contribution in [0, 0.1) is 0 Å². The summed E-state index contributed by atoms with van der Waals surface area (Å²) in [4.78, 5) is 0. The molecule has 0 amide bonds. The highest BCUT2D eigenvalue weighted by Gasteiger charge is 2.13. The van der Waals surface area contributed by atoms with E-state index in [1.54, 1.807) is 0 Å². The predicted molar refractivity (Wildman–Crippen MR) is 90.8 cm³/mol. The molecule has 116 valence electrons. The number of hydrogen-bond acceptors (Lipinski definition) is 2. The SMILES string of the molecule is CCCCCCCCCC(N)c1cc2cccc(Cl)c2o1. The van der Waals surface area contributed by atoms with Crippen molar-refractivity contribution in [1.82, 2.24) is 0 Å². The summed E-state index contributed by atoms with van der Waals surface area (Å²) in [5, 5.41) is 1.69. The van der Waals surface area contributed by atoms with Crippen molar-refractivity contribution < 1.29 is 4.42 Å². The maximum atomic E-state index is 6.23. The van der Waals surface area contributed by atoms with Gasteiger partial charge in [0.05, 0.1) is 11.1 Å². The highest BCUT2D eigenvalue weighted by Crippen LogP contribution is 2.30. The fraction of sp³-hybridized carbons (Fsp3) is 0.556. The van der Waals surface area contributed by atoms with Gasteiger partial charge in [-0.2, -0.15) is 0 Å². The van der Waals surface area contributed by atoms with Crippen LogP contribution in [-0.2, 0) is 0 Å². The Labute approximate surface area is 132 Å². The number of furan rings is 1. The summed E-state index contributed by atoms with van der Waals surface area (Å²) in [6.45, 7) is 2.25. The van der Waals surface area contributed by atoms with E-state index >= 15 is 0 Å². The van der Waals surface area contributed by atoms with Crippen LogP contribution in [0.15, 0.2) is 28.7 Å². The second-order valence-electron chi connectivity index (χ2n) is 5.82. The first-order valence-electron chi connectivity index (χ1n) is 8.16. The summed E-state index contributed by atoms with van der Waals surface area (Å²) in [6.07, 6.45) is 10.1. The topological polar surface area (TPSA) is 39.2 Å². The minimum absolute atomic E-state index is 0.0240. The Morgan fingerprint density at radius 3 is 2.52 bits per heavy atom. The van der Waals surface area contributed by atoms with Crippen molar-refractivity contribution in [3.05, 3.63) is 35.0 Å². The van der Waals surface area contributed by atoms with Gasteiger partial charge in [0.15, 0.2) is 5.58 Å². The zero-order valence-corrected chi connectivity index (χ0v) is 13.7. The molecule has 0 aliphatic rings. The molecule has 0 aliphatic heterocycles. The van der Waals surface area contributed by atoms with E-state index in [1.807, 2.05) is 24.3 Å². The Morgan fingerprint density at radius 2 is 1.81 bits per heavy atom. The number of benzene rings is 1. The van der Waals surface area contributed by atoms with Gasteiger partial charge in [-0.15, -0.1) is 0 Å². The Hall–Kier alpha value is -0.990. The molecular weight excluding hydrogens is 282 g/mol. The van der Waals surface area contributed by atoms with Gasteiger partial charge in [-0.05, 0) is 18.6 Å². The minimum Gasteiger partial charge on any atom is -0.458 e. The first-order chi connectivity index (χ1) is 10.2. The van der Waals surface area contributed by atoms with Gasteiger partial charge < -0.3 is 10.2 Å². The number of rotatable bonds is 9. The lowest BCUT2D eigenvalue weighted by Crippen LogP contribution is -2.08. The van der Waals surface area contributed by atoms with Gasteiger partial charge in [-0.1, -0.05) is 75.6 Å². The molecule has 1 heterocycles. The summed E-state index contributed by atoms with van der Waals surface area (Å²) in [7, 11) is 0. The zero-order valence-electron chi connectivity index (χ0n) is 12.9. The summed E-state index contributed by atoms with van der Waals surface area (Å²) in [6, 6.07) is 7.79. The van der Waals surface area contributed by atoms with Crippen molar-refractivity contribution in [1.29, 1.82) is 0 Å². The van der Waals surface area contributed by atoms with E-state index in [4.69, 9.17) is 21.8 Å². The molecule has 1 atom stereocenters. The molecule has 2 N–H and O–H groups in total. The van der Waals surface area contributed by atoms with Crippen molar-refractivity contribution in [3.63, 3.8) is 0 Å². The van der Waals surface area contributed by atoms with Gasteiger partial charge >= 0.3 is 0 Å². The van der Waals surface area contributed by atoms with Crippen LogP contribution in [0.2, 0.25) is 5.02 Å². The Balaban J connectivity index is 1.77. The van der Waals surface area contributed by atoms with Crippen molar-refractivity contribution in [3.8, 4) is 0 Å². The van der Waals surface area contributed by atoms with E-state index in [0.717, 1.165) is 29.6 Å². The number of unbranched alkanes of at least 4 members (excludes halogenated alkanes) is 6. The number of fused-ring (bicyclic) bond motifs is 1. The number of para-hydroxylation sites is 1. The van der Waals surface area contributed by atoms with Crippen LogP contribution in [0.5, 0.6) is 0 Å². The molecule has 0 fully saturated rings. The lowest BCUT2D eigenvalue weighted by Gasteiger charge is -2.08. The summed E-state index contributed by atoms with van der Waals surface area (Å²) < 4.78 is 5.81. The lowest BCUT2D eigenvalue weighted by molar-refractivity contribution is 0.458. The van der Waals surface area contributed by atoms with Crippen LogP contribution in [0.25, 0.3) is 11.0 Å². The molecule has 0 spiro atoms. The second-order valence-corrected chi connectivity index (χ2v) is 6.23. The number of nitrogens with two attached hydrogens (primary N) is 1. The van der Waals surface area contributed by atoms with E-state index in [0.29, 0.717) is 5.02 Å². The lowest BCUT2D eigenvalue weighted by atomic mass is 10.0. The molecule has 0 aliphatic carbocycles. The maximum absolute atomic E-state index is 6.23. The molecule has 0 saturated carbocycles. The molecule has 0 bridgehead atoms. The summed E-state index contributed by atoms with van der Waals surface area (Å²) in [5.41, 5.74) is 6.99. The van der Waals surface area contributed by atoms with Gasteiger partial charge in [0, 0.05) is 5.39 Å². The summed E-state index contributed by atoms with van der Waals surface area (Å²) >= 11 is 6.13. The quantitative estimate of drug-likeness (QED) is 0.558. The van der Waals surface area contributed by atoms with Crippen molar-refractivity contribution in [2.45, 2.75) is 64.3 Å². The first-order valence-corrected chi connectivity index (χ1v) is 8.53. The molecule has 2 aromatic rings. The van der Waals surface area contributed by atoms with Crippen LogP contribution >= 0.6 is 11.6 Å². The minimum atomic E-state index is -0.0240. The third-order valence-corrected chi connectivity index (χ3v) is 4.30. The normalized spacial score (nSPS) is 12.9. The van der Waals surface area contributed by atoms with E-state index in [-0.39, 0.29) is 6.04 Å². The van der Waals surface area contributed by atoms with Crippen LogP contribution in [0.3, 0.4) is 0 Å². The molecule has 1 aromatic heterocycles. The average Bonchev–Trinajstić information content (AvgIpc) is 2.92. The van der Waals surface area contributed by atoms with Crippen molar-refractivity contribution >= 4 is 22.6 Å². The van der Waals surface area contributed by atoms with Crippen LogP contribution in [-0.4, -0.2) is 0 Å². The Morgan fingerprint density at radius 1 is 1.10 bits per heavy atom. The van der Waals surface area contributed by atoms with Gasteiger partial charge in [-0.3, -0.25) is 0 Å². The Bertz CT molecular complexity index is 549. The van der Waals surface area contributed by atoms with Gasteiger partial charge in [0.25, 0.3) is 0 Å². The fourth-order valence-electron chi connectivity index (χ4n) is 2.69.